The van der Waals surface area contributed by atoms with Crippen LogP contribution in [-0.4, -0.2) is 38.7 Å². The predicted molar refractivity (Wildman–Crippen MR) is 106 cm³/mol. The Hall–Kier alpha value is -3.06. The van der Waals surface area contributed by atoms with Gasteiger partial charge in [-0.3, -0.25) is 0 Å². The van der Waals surface area contributed by atoms with E-state index in [1.54, 1.807) is 35.0 Å². The summed E-state index contributed by atoms with van der Waals surface area (Å²) < 4.78 is 1.78. The molecule has 1 fully saturated rings. The lowest BCUT2D eigenvalue weighted by molar-refractivity contribution is 0.0699. The van der Waals surface area contributed by atoms with Crippen molar-refractivity contribution in [2.24, 2.45) is 10.7 Å². The van der Waals surface area contributed by atoms with Gasteiger partial charge in [-0.2, -0.15) is 0 Å². The smallest absolute Gasteiger partial charge is 0.336 e. The SMILES string of the molecule is C=C(N=C(/C=C\N)n1ccc2c(C(=O)O)cccc21)NC1CCC(O)CC1. The minimum atomic E-state index is -0.975. The van der Waals surface area contributed by atoms with E-state index < -0.39 is 5.97 Å². The molecule has 1 aromatic heterocycles. The topological polar surface area (TPSA) is 113 Å². The van der Waals surface area contributed by atoms with E-state index in [1.807, 2.05) is 6.07 Å². The highest BCUT2D eigenvalue weighted by Gasteiger charge is 2.19. The Kier molecular flexibility index (Phi) is 5.61. The van der Waals surface area contributed by atoms with Gasteiger partial charge in [0.25, 0.3) is 0 Å². The lowest BCUT2D eigenvalue weighted by Gasteiger charge is -2.26. The molecular weight excluding hydrogens is 344 g/mol. The first-order valence-corrected chi connectivity index (χ1v) is 8.94. The van der Waals surface area contributed by atoms with Gasteiger partial charge in [0.05, 0.1) is 17.2 Å². The molecule has 0 saturated heterocycles. The summed E-state index contributed by atoms with van der Waals surface area (Å²) in [4.78, 5) is 16.0. The van der Waals surface area contributed by atoms with Crippen LogP contribution in [0.15, 0.2) is 60.1 Å². The Morgan fingerprint density at radius 1 is 1.30 bits per heavy atom. The number of hydrogen-bond acceptors (Lipinski definition) is 5. The Morgan fingerprint density at radius 3 is 2.70 bits per heavy atom. The Labute approximate surface area is 157 Å². The van der Waals surface area contributed by atoms with E-state index in [0.29, 0.717) is 17.0 Å². The maximum absolute atomic E-state index is 11.4. The van der Waals surface area contributed by atoms with E-state index in [0.717, 1.165) is 31.2 Å². The van der Waals surface area contributed by atoms with Crippen LogP contribution in [-0.2, 0) is 0 Å². The highest BCUT2D eigenvalue weighted by molar-refractivity contribution is 6.07. The first-order valence-electron chi connectivity index (χ1n) is 8.94. The van der Waals surface area contributed by atoms with Crippen LogP contribution >= 0.6 is 0 Å². The summed E-state index contributed by atoms with van der Waals surface area (Å²) in [7, 11) is 0. The van der Waals surface area contributed by atoms with Crippen LogP contribution in [0.3, 0.4) is 0 Å². The van der Waals surface area contributed by atoms with Crippen molar-refractivity contribution in [1.82, 2.24) is 9.88 Å². The molecule has 1 aliphatic rings. The van der Waals surface area contributed by atoms with Gasteiger partial charge >= 0.3 is 5.97 Å². The maximum Gasteiger partial charge on any atom is 0.336 e. The summed E-state index contributed by atoms with van der Waals surface area (Å²) >= 11 is 0. The molecule has 142 valence electrons. The first kappa shape index (κ1) is 18.7. The molecule has 0 spiro atoms. The summed E-state index contributed by atoms with van der Waals surface area (Å²) in [6.45, 7) is 3.98. The van der Waals surface area contributed by atoms with Crippen molar-refractivity contribution >= 4 is 22.7 Å². The van der Waals surface area contributed by atoms with E-state index in [-0.39, 0.29) is 17.7 Å². The quantitative estimate of drug-likeness (QED) is 0.478. The van der Waals surface area contributed by atoms with Crippen molar-refractivity contribution in [2.75, 3.05) is 0 Å². The second-order valence-corrected chi connectivity index (χ2v) is 6.65. The molecule has 1 heterocycles. The molecule has 27 heavy (non-hydrogen) atoms. The van der Waals surface area contributed by atoms with Gasteiger partial charge in [0.1, 0.15) is 11.7 Å². The average molecular weight is 368 g/mol. The number of nitrogens with one attached hydrogen (secondary N) is 1. The molecule has 7 heteroatoms. The fraction of sp³-hybridized carbons (Fsp3) is 0.300. The highest BCUT2D eigenvalue weighted by atomic mass is 16.4. The molecule has 1 aromatic carbocycles. The number of hydrogen-bond donors (Lipinski definition) is 4. The zero-order chi connectivity index (χ0) is 19.4. The lowest BCUT2D eigenvalue weighted by atomic mass is 9.93. The first-order chi connectivity index (χ1) is 13.0. The Bertz CT molecular complexity index is 905. The van der Waals surface area contributed by atoms with Gasteiger partial charge in [-0.05, 0) is 56.2 Å². The largest absolute Gasteiger partial charge is 0.478 e. The van der Waals surface area contributed by atoms with E-state index in [2.05, 4.69) is 16.9 Å². The number of aliphatic imine (C=N–C) groups is 1. The third-order valence-corrected chi connectivity index (χ3v) is 4.77. The molecule has 5 N–H and O–H groups in total. The standard InChI is InChI=1S/C20H24N4O3/c1-13(22-14-5-7-15(25)8-6-14)23-19(9-11-21)24-12-10-16-17(20(26)27)3-2-4-18(16)24/h2-4,9-12,14-15,22,25H,1,5-8,21H2,(H,26,27)/b11-9-,23-19?. The van der Waals surface area contributed by atoms with Crippen molar-refractivity contribution in [3.8, 4) is 0 Å². The summed E-state index contributed by atoms with van der Waals surface area (Å²) in [5, 5.41) is 22.9. The molecule has 0 unspecified atom stereocenters. The number of aromatic nitrogens is 1. The van der Waals surface area contributed by atoms with Gasteiger partial charge in [0.2, 0.25) is 0 Å². The van der Waals surface area contributed by atoms with Gasteiger partial charge < -0.3 is 25.8 Å². The summed E-state index contributed by atoms with van der Waals surface area (Å²) in [5.41, 5.74) is 6.54. The summed E-state index contributed by atoms with van der Waals surface area (Å²) in [6.07, 6.45) is 7.85. The number of carboxylic acids is 1. The van der Waals surface area contributed by atoms with Crippen LogP contribution in [0.2, 0.25) is 0 Å². The molecule has 3 rings (SSSR count). The molecule has 7 nitrogen and oxygen atoms in total. The van der Waals surface area contributed by atoms with E-state index in [1.165, 1.54) is 6.20 Å². The molecule has 0 radical (unpaired) electrons. The van der Waals surface area contributed by atoms with Crippen molar-refractivity contribution in [3.05, 3.63) is 60.7 Å². The summed E-state index contributed by atoms with van der Waals surface area (Å²) in [6, 6.07) is 7.08. The molecule has 0 bridgehead atoms. The monoisotopic (exact) mass is 368 g/mol. The number of rotatable bonds is 5. The lowest BCUT2D eigenvalue weighted by Crippen LogP contribution is -2.33. The molecule has 1 saturated carbocycles. The molecule has 0 amide bonds. The van der Waals surface area contributed by atoms with Gasteiger partial charge in [0, 0.05) is 17.6 Å². The van der Waals surface area contributed by atoms with Gasteiger partial charge in [-0.25, -0.2) is 9.79 Å². The number of fused-ring (bicyclic) bond motifs is 1. The zero-order valence-corrected chi connectivity index (χ0v) is 15.0. The number of carboxylic acid groups (broad SMARTS) is 1. The molecular formula is C20H24N4O3. The number of aromatic carboxylic acids is 1. The third-order valence-electron chi connectivity index (χ3n) is 4.77. The molecule has 0 atom stereocenters. The van der Waals surface area contributed by atoms with Gasteiger partial charge in [0.15, 0.2) is 0 Å². The van der Waals surface area contributed by atoms with Crippen molar-refractivity contribution in [2.45, 2.75) is 37.8 Å². The number of nitrogens with two attached hydrogens (primary N) is 1. The highest BCUT2D eigenvalue weighted by Crippen LogP contribution is 2.22. The normalized spacial score (nSPS) is 20.9. The number of aliphatic hydroxyl groups is 1. The maximum atomic E-state index is 11.4. The minimum absolute atomic E-state index is 0.217. The molecule has 0 aliphatic heterocycles. The number of carbonyl (C=O) groups is 1. The van der Waals surface area contributed by atoms with Crippen LogP contribution in [0.5, 0.6) is 0 Å². The van der Waals surface area contributed by atoms with Crippen molar-refractivity contribution in [1.29, 1.82) is 0 Å². The number of benzene rings is 1. The van der Waals surface area contributed by atoms with Crippen LogP contribution < -0.4 is 11.1 Å². The second-order valence-electron chi connectivity index (χ2n) is 6.65. The minimum Gasteiger partial charge on any atom is -0.478 e. The van der Waals surface area contributed by atoms with Gasteiger partial charge in [-0.1, -0.05) is 12.6 Å². The average Bonchev–Trinajstić information content (AvgIpc) is 3.07. The van der Waals surface area contributed by atoms with E-state index >= 15 is 0 Å². The van der Waals surface area contributed by atoms with E-state index in [9.17, 15) is 15.0 Å². The van der Waals surface area contributed by atoms with Crippen LogP contribution in [0.25, 0.3) is 10.9 Å². The van der Waals surface area contributed by atoms with Crippen molar-refractivity contribution < 1.29 is 15.0 Å². The third kappa shape index (κ3) is 4.20. The number of nitrogens with zero attached hydrogens (tertiary/aromatic N) is 2. The van der Waals surface area contributed by atoms with Gasteiger partial charge in [-0.15, -0.1) is 0 Å². The fourth-order valence-corrected chi connectivity index (χ4v) is 3.44. The van der Waals surface area contributed by atoms with Crippen molar-refractivity contribution in [3.63, 3.8) is 0 Å². The molecule has 1 aliphatic carbocycles. The van der Waals surface area contributed by atoms with Crippen LogP contribution in [0.4, 0.5) is 0 Å². The molecule has 2 aromatic rings. The van der Waals surface area contributed by atoms with Crippen LogP contribution in [0.1, 0.15) is 36.0 Å². The summed E-state index contributed by atoms with van der Waals surface area (Å²) in [5.74, 6) is 0.0564. The second kappa shape index (κ2) is 8.09. The van der Waals surface area contributed by atoms with E-state index in [4.69, 9.17) is 5.73 Å². The number of allylic oxidation sites excluding steroid dienone is 1. The fourth-order valence-electron chi connectivity index (χ4n) is 3.44. The Balaban J connectivity index is 1.88. The Morgan fingerprint density at radius 2 is 2.04 bits per heavy atom. The van der Waals surface area contributed by atoms with Crippen LogP contribution in [0, 0.1) is 0 Å². The predicted octanol–water partition coefficient (Wildman–Crippen LogP) is 2.42. The number of aliphatic hydroxyl groups excluding tert-OH is 1. The zero-order valence-electron chi connectivity index (χ0n) is 15.0.